The van der Waals surface area contributed by atoms with Crippen LogP contribution in [0.5, 0.6) is 5.75 Å². The van der Waals surface area contributed by atoms with Crippen molar-refractivity contribution in [1.29, 1.82) is 0 Å². The number of phenols is 1. The van der Waals surface area contributed by atoms with E-state index in [4.69, 9.17) is 11.3 Å². The molecule has 0 unspecified atom stereocenters. The highest BCUT2D eigenvalue weighted by atomic mass is 16.6. The third kappa shape index (κ3) is 5.54. The minimum Gasteiger partial charge on any atom is -0.509 e. The Balaban J connectivity index is 1.94. The zero-order chi connectivity index (χ0) is 18.4. The molecule has 25 heavy (non-hydrogen) atoms. The van der Waals surface area contributed by atoms with Crippen LogP contribution in [0.1, 0.15) is 26.3 Å². The Morgan fingerprint density at radius 2 is 1.88 bits per heavy atom. The molecule has 2 aromatic rings. The summed E-state index contributed by atoms with van der Waals surface area (Å²) in [7, 11) is 0. The Labute approximate surface area is 148 Å². The predicted octanol–water partition coefficient (Wildman–Crippen LogP) is 4.68. The van der Waals surface area contributed by atoms with E-state index in [9.17, 15) is 9.90 Å². The largest absolute Gasteiger partial charge is 0.509 e. The van der Waals surface area contributed by atoms with Gasteiger partial charge in [-0.3, -0.25) is 0 Å². The molecule has 5 heteroatoms. The van der Waals surface area contributed by atoms with E-state index in [1.165, 1.54) is 6.07 Å². The van der Waals surface area contributed by atoms with Crippen molar-refractivity contribution >= 4 is 11.8 Å². The van der Waals surface area contributed by atoms with Crippen LogP contribution < -0.4 is 5.32 Å². The van der Waals surface area contributed by atoms with Gasteiger partial charge in [-0.2, -0.15) is 0 Å². The number of benzene rings is 2. The standard InChI is InChI=1S/C20H22N2O3/c1-20(2,3)25-19(24)22-12-11-14-5-7-15(8-6-14)17-10-9-16(21-4)13-18(17)23/h5-10,13,23H,11-12H2,1-3H3,(H,22,24). The molecule has 0 fully saturated rings. The maximum atomic E-state index is 11.6. The normalized spacial score (nSPS) is 10.8. The number of rotatable bonds is 4. The maximum absolute atomic E-state index is 11.6. The average molecular weight is 338 g/mol. The monoisotopic (exact) mass is 338 g/mol. The molecule has 0 bridgehead atoms. The number of hydrogen-bond donors (Lipinski definition) is 2. The zero-order valence-corrected chi connectivity index (χ0v) is 14.7. The van der Waals surface area contributed by atoms with Crippen LogP contribution in [0.3, 0.4) is 0 Å². The number of alkyl carbamates (subject to hydrolysis) is 1. The molecule has 1 amide bonds. The van der Waals surface area contributed by atoms with Gasteiger partial charge in [-0.15, -0.1) is 0 Å². The molecule has 0 aliphatic rings. The van der Waals surface area contributed by atoms with Gasteiger partial charge in [0.2, 0.25) is 0 Å². The predicted molar refractivity (Wildman–Crippen MR) is 97.7 cm³/mol. The summed E-state index contributed by atoms with van der Waals surface area (Å²) in [6.07, 6.45) is 0.260. The number of nitrogens with zero attached hydrogens (tertiary/aromatic N) is 1. The van der Waals surface area contributed by atoms with Gasteiger partial charge in [0.15, 0.2) is 5.69 Å². The minimum atomic E-state index is -0.503. The number of carbonyl (C=O) groups is 1. The molecule has 0 saturated carbocycles. The third-order valence-electron chi connectivity index (χ3n) is 3.46. The van der Waals surface area contributed by atoms with Gasteiger partial charge in [-0.05, 0) is 44.4 Å². The van der Waals surface area contributed by atoms with Crippen molar-refractivity contribution in [3.63, 3.8) is 0 Å². The lowest BCUT2D eigenvalue weighted by molar-refractivity contribution is 0.0528. The molecule has 130 valence electrons. The number of phenolic OH excluding ortho intramolecular Hbond substituents is 1. The Kier molecular flexibility index (Phi) is 5.66. The van der Waals surface area contributed by atoms with Crippen LogP contribution >= 0.6 is 0 Å². The fraction of sp³-hybridized carbons (Fsp3) is 0.300. The van der Waals surface area contributed by atoms with Gasteiger partial charge in [-0.25, -0.2) is 9.64 Å². The molecule has 5 nitrogen and oxygen atoms in total. The van der Waals surface area contributed by atoms with E-state index in [0.717, 1.165) is 11.1 Å². The Morgan fingerprint density at radius 1 is 1.20 bits per heavy atom. The topological polar surface area (TPSA) is 62.9 Å². The van der Waals surface area contributed by atoms with Crippen molar-refractivity contribution < 1.29 is 14.6 Å². The maximum Gasteiger partial charge on any atom is 0.407 e. The third-order valence-corrected chi connectivity index (χ3v) is 3.46. The summed E-state index contributed by atoms with van der Waals surface area (Å²) in [4.78, 5) is 14.9. The van der Waals surface area contributed by atoms with E-state index in [1.54, 1.807) is 12.1 Å². The summed E-state index contributed by atoms with van der Waals surface area (Å²) in [5, 5.41) is 12.8. The number of aromatic hydroxyl groups is 1. The lowest BCUT2D eigenvalue weighted by atomic mass is 10.0. The highest BCUT2D eigenvalue weighted by molar-refractivity contribution is 5.73. The number of nitrogens with one attached hydrogen (secondary N) is 1. The molecule has 0 aliphatic carbocycles. The van der Waals surface area contributed by atoms with Crippen molar-refractivity contribution in [2.75, 3.05) is 6.54 Å². The second-order valence-electron chi connectivity index (χ2n) is 6.69. The van der Waals surface area contributed by atoms with Gasteiger partial charge in [0.05, 0.1) is 6.57 Å². The van der Waals surface area contributed by atoms with Crippen molar-refractivity contribution in [3.8, 4) is 16.9 Å². The minimum absolute atomic E-state index is 0.0906. The summed E-state index contributed by atoms with van der Waals surface area (Å²) in [5.41, 5.74) is 2.53. The van der Waals surface area contributed by atoms with E-state index in [1.807, 2.05) is 45.0 Å². The lowest BCUT2D eigenvalue weighted by Crippen LogP contribution is -2.33. The van der Waals surface area contributed by atoms with E-state index in [-0.39, 0.29) is 5.75 Å². The first kappa shape index (κ1) is 18.3. The molecule has 0 aliphatic heterocycles. The highest BCUT2D eigenvalue weighted by Crippen LogP contribution is 2.32. The van der Waals surface area contributed by atoms with Gasteiger partial charge in [-0.1, -0.05) is 36.4 Å². The number of carbonyl (C=O) groups excluding carboxylic acids is 1. The van der Waals surface area contributed by atoms with E-state index in [0.29, 0.717) is 24.2 Å². The Bertz CT molecular complexity index is 784. The summed E-state index contributed by atoms with van der Waals surface area (Å²) < 4.78 is 5.19. The van der Waals surface area contributed by atoms with Crippen LogP contribution in [-0.4, -0.2) is 23.3 Å². The molecule has 2 aromatic carbocycles. The SMILES string of the molecule is [C-]#[N+]c1ccc(-c2ccc(CCNC(=O)OC(C)(C)C)cc2)c(O)c1. The first-order valence-electron chi connectivity index (χ1n) is 8.05. The molecular weight excluding hydrogens is 316 g/mol. The van der Waals surface area contributed by atoms with Crippen LogP contribution in [0.25, 0.3) is 16.0 Å². The summed E-state index contributed by atoms with van der Waals surface area (Å²) >= 11 is 0. The van der Waals surface area contributed by atoms with Gasteiger partial charge in [0.25, 0.3) is 0 Å². The molecule has 2 N–H and O–H groups in total. The molecule has 0 spiro atoms. The zero-order valence-electron chi connectivity index (χ0n) is 14.7. The van der Waals surface area contributed by atoms with Gasteiger partial charge < -0.3 is 15.2 Å². The summed E-state index contributed by atoms with van der Waals surface area (Å²) in [6, 6.07) is 12.6. The van der Waals surface area contributed by atoms with Crippen LogP contribution in [0.4, 0.5) is 10.5 Å². The highest BCUT2D eigenvalue weighted by Gasteiger charge is 2.15. The molecule has 0 saturated heterocycles. The number of hydrogen-bond acceptors (Lipinski definition) is 3. The smallest absolute Gasteiger partial charge is 0.407 e. The van der Waals surface area contributed by atoms with Crippen LogP contribution in [0, 0.1) is 6.57 Å². The van der Waals surface area contributed by atoms with Crippen LogP contribution in [0.15, 0.2) is 42.5 Å². The molecule has 0 heterocycles. The van der Waals surface area contributed by atoms with Crippen molar-refractivity contribution in [2.45, 2.75) is 32.8 Å². The van der Waals surface area contributed by atoms with E-state index >= 15 is 0 Å². The van der Waals surface area contributed by atoms with Crippen molar-refractivity contribution in [1.82, 2.24) is 5.32 Å². The number of amides is 1. The van der Waals surface area contributed by atoms with Crippen molar-refractivity contribution in [3.05, 3.63) is 59.4 Å². The van der Waals surface area contributed by atoms with Gasteiger partial charge >= 0.3 is 6.09 Å². The first-order chi connectivity index (χ1) is 11.8. The van der Waals surface area contributed by atoms with Gasteiger partial charge in [0, 0.05) is 12.1 Å². The first-order valence-corrected chi connectivity index (χ1v) is 8.05. The molecule has 0 radical (unpaired) electrons. The Hall–Kier alpha value is -3.00. The summed E-state index contributed by atoms with van der Waals surface area (Å²) in [6.45, 7) is 12.9. The van der Waals surface area contributed by atoms with E-state index < -0.39 is 11.7 Å². The molecular formula is C20H22N2O3. The second kappa shape index (κ2) is 7.71. The quantitative estimate of drug-likeness (QED) is 0.796. The molecule has 0 atom stereocenters. The Morgan fingerprint density at radius 3 is 2.44 bits per heavy atom. The van der Waals surface area contributed by atoms with Gasteiger partial charge in [0.1, 0.15) is 11.4 Å². The fourth-order valence-electron chi connectivity index (χ4n) is 2.31. The summed E-state index contributed by atoms with van der Waals surface area (Å²) in [5.74, 6) is 0.0906. The average Bonchev–Trinajstić information content (AvgIpc) is 2.54. The van der Waals surface area contributed by atoms with Crippen LogP contribution in [-0.2, 0) is 11.2 Å². The van der Waals surface area contributed by atoms with Crippen molar-refractivity contribution in [2.24, 2.45) is 0 Å². The fourth-order valence-corrected chi connectivity index (χ4v) is 2.31. The second-order valence-corrected chi connectivity index (χ2v) is 6.69. The van der Waals surface area contributed by atoms with E-state index in [2.05, 4.69) is 10.2 Å². The lowest BCUT2D eigenvalue weighted by Gasteiger charge is -2.19. The molecule has 2 rings (SSSR count). The molecule has 0 aromatic heterocycles. The van der Waals surface area contributed by atoms with Crippen LogP contribution in [0.2, 0.25) is 0 Å². The number of ether oxygens (including phenoxy) is 1.